The zero-order valence-electron chi connectivity index (χ0n) is 14.0. The average Bonchev–Trinajstić information content (AvgIpc) is 2.51. The van der Waals surface area contributed by atoms with Gasteiger partial charge >= 0.3 is 0 Å². The molecule has 0 atom stereocenters. The first-order valence-corrected chi connectivity index (χ1v) is 8.93. The van der Waals surface area contributed by atoms with Gasteiger partial charge in [-0.3, -0.25) is 4.79 Å². The van der Waals surface area contributed by atoms with Gasteiger partial charge < -0.3 is 15.8 Å². The molecule has 0 saturated heterocycles. The molecule has 4 nitrogen and oxygen atoms in total. The van der Waals surface area contributed by atoms with Crippen LogP contribution in [0.1, 0.15) is 25.8 Å². The van der Waals surface area contributed by atoms with E-state index < -0.39 is 5.91 Å². The summed E-state index contributed by atoms with van der Waals surface area (Å²) in [7, 11) is 0. The monoisotopic (exact) mass is 334 g/mol. The molecule has 0 fully saturated rings. The van der Waals surface area contributed by atoms with E-state index >= 15 is 0 Å². The lowest BCUT2D eigenvalue weighted by Crippen LogP contribution is -2.16. The van der Waals surface area contributed by atoms with Gasteiger partial charge in [-0.15, -0.1) is 0 Å². The minimum Gasteiger partial charge on any atom is -0.451 e. The van der Waals surface area contributed by atoms with Gasteiger partial charge in [0.1, 0.15) is 5.75 Å². The van der Waals surface area contributed by atoms with E-state index in [0.717, 1.165) is 24.8 Å². The highest BCUT2D eigenvalue weighted by atomic mass is 32.2. The quantitative estimate of drug-likeness (QED) is 0.298. The molecular weight excluding hydrogens is 308 g/mol. The number of carbonyl (C=O) groups is 1. The fourth-order valence-electron chi connectivity index (χ4n) is 1.78. The molecule has 0 aliphatic heterocycles. The van der Waals surface area contributed by atoms with E-state index in [1.54, 1.807) is 12.2 Å². The molecule has 0 radical (unpaired) electrons. The Morgan fingerprint density at radius 1 is 1.35 bits per heavy atom. The number of amides is 1. The van der Waals surface area contributed by atoms with Crippen LogP contribution in [-0.2, 0) is 11.3 Å². The van der Waals surface area contributed by atoms with Gasteiger partial charge in [-0.1, -0.05) is 43.8 Å². The summed E-state index contributed by atoms with van der Waals surface area (Å²) in [5.74, 6) is 1.01. The van der Waals surface area contributed by atoms with Crippen LogP contribution in [0.15, 0.2) is 47.6 Å². The Labute approximate surface area is 143 Å². The van der Waals surface area contributed by atoms with Gasteiger partial charge in [0.2, 0.25) is 5.91 Å². The van der Waals surface area contributed by atoms with Crippen molar-refractivity contribution in [1.82, 2.24) is 5.32 Å². The van der Waals surface area contributed by atoms with E-state index in [2.05, 4.69) is 31.3 Å². The molecule has 1 aromatic carbocycles. The number of thioether (sulfide) groups is 1. The number of rotatable bonds is 10. The summed E-state index contributed by atoms with van der Waals surface area (Å²) >= 11 is 1.46. The van der Waals surface area contributed by atoms with E-state index in [1.807, 2.05) is 18.4 Å². The summed E-state index contributed by atoms with van der Waals surface area (Å²) in [6, 6.07) is 7.99. The van der Waals surface area contributed by atoms with Crippen LogP contribution in [-0.4, -0.2) is 18.7 Å². The molecule has 0 unspecified atom stereocenters. The number of ether oxygens (including phenoxy) is 1. The maximum Gasteiger partial charge on any atom is 0.241 e. The van der Waals surface area contributed by atoms with Crippen molar-refractivity contribution in [2.45, 2.75) is 26.8 Å². The summed E-state index contributed by atoms with van der Waals surface area (Å²) in [6.45, 7) is 6.34. The molecular formula is C18H26N2O2S. The zero-order chi connectivity index (χ0) is 17.1. The van der Waals surface area contributed by atoms with Crippen molar-refractivity contribution >= 4 is 17.7 Å². The van der Waals surface area contributed by atoms with E-state index in [1.165, 1.54) is 29.8 Å². The molecule has 0 bridgehead atoms. The Bertz CT molecular complexity index is 536. The summed E-state index contributed by atoms with van der Waals surface area (Å²) < 4.78 is 5.76. The van der Waals surface area contributed by atoms with Crippen LogP contribution in [0.2, 0.25) is 0 Å². The standard InChI is InChI=1S/C18H26N2O2S/c1-14(2)11-12-20-13-15-7-9-16(10-8-15)22-18(23-3)6-4-5-17(19)21/h4-10,14,20H,11-13H2,1-3H3,(H2,19,21)/b5-4+,18-6-. The third kappa shape index (κ3) is 9.11. The van der Waals surface area contributed by atoms with Crippen molar-refractivity contribution in [3.05, 3.63) is 53.1 Å². The maximum atomic E-state index is 10.7. The van der Waals surface area contributed by atoms with Gasteiger partial charge in [0.25, 0.3) is 0 Å². The number of nitrogens with one attached hydrogen (secondary N) is 1. The molecule has 23 heavy (non-hydrogen) atoms. The summed E-state index contributed by atoms with van der Waals surface area (Å²) in [5, 5.41) is 4.13. The van der Waals surface area contributed by atoms with Gasteiger partial charge in [-0.25, -0.2) is 0 Å². The second-order valence-electron chi connectivity index (χ2n) is 5.56. The Balaban J connectivity index is 2.50. The Kier molecular flexibility index (Phi) is 9.17. The number of carbonyl (C=O) groups excluding carboxylic acids is 1. The van der Waals surface area contributed by atoms with Gasteiger partial charge in [0, 0.05) is 12.6 Å². The first-order valence-electron chi connectivity index (χ1n) is 7.70. The zero-order valence-corrected chi connectivity index (χ0v) is 14.9. The van der Waals surface area contributed by atoms with Crippen molar-refractivity contribution in [1.29, 1.82) is 0 Å². The fourth-order valence-corrected chi connectivity index (χ4v) is 2.17. The molecule has 1 amide bonds. The Morgan fingerprint density at radius 2 is 2.04 bits per heavy atom. The first kappa shape index (κ1) is 19.3. The molecule has 1 rings (SSSR count). The van der Waals surface area contributed by atoms with Crippen molar-refractivity contribution in [2.24, 2.45) is 11.7 Å². The molecule has 126 valence electrons. The lowest BCUT2D eigenvalue weighted by atomic mass is 10.1. The molecule has 0 spiro atoms. The molecule has 0 heterocycles. The van der Waals surface area contributed by atoms with Gasteiger partial charge in [-0.2, -0.15) is 0 Å². The van der Waals surface area contributed by atoms with Crippen molar-refractivity contribution in [3.8, 4) is 5.75 Å². The van der Waals surface area contributed by atoms with E-state index in [0.29, 0.717) is 5.09 Å². The number of hydrogen-bond acceptors (Lipinski definition) is 4. The smallest absolute Gasteiger partial charge is 0.241 e. The third-order valence-corrected chi connectivity index (χ3v) is 3.69. The Hall–Kier alpha value is -1.72. The number of allylic oxidation sites excluding steroid dienone is 2. The molecule has 3 N–H and O–H groups in total. The van der Waals surface area contributed by atoms with Crippen LogP contribution in [0.5, 0.6) is 5.75 Å². The van der Waals surface area contributed by atoms with Crippen molar-refractivity contribution < 1.29 is 9.53 Å². The molecule has 0 aromatic heterocycles. The predicted molar refractivity (Wildman–Crippen MR) is 98.2 cm³/mol. The maximum absolute atomic E-state index is 10.7. The van der Waals surface area contributed by atoms with E-state index in [9.17, 15) is 4.79 Å². The fraction of sp³-hybridized carbons (Fsp3) is 0.389. The lowest BCUT2D eigenvalue weighted by Gasteiger charge is -2.09. The molecule has 5 heteroatoms. The number of nitrogens with two attached hydrogens (primary N) is 1. The van der Waals surface area contributed by atoms with Crippen LogP contribution in [0.3, 0.4) is 0 Å². The number of benzene rings is 1. The number of hydrogen-bond donors (Lipinski definition) is 2. The highest BCUT2D eigenvalue weighted by Crippen LogP contribution is 2.20. The summed E-state index contributed by atoms with van der Waals surface area (Å²) in [4.78, 5) is 10.7. The molecule has 0 aliphatic carbocycles. The molecule has 0 aliphatic rings. The largest absolute Gasteiger partial charge is 0.451 e. The minimum absolute atomic E-state index is 0.476. The normalized spacial score (nSPS) is 12.1. The second kappa shape index (κ2) is 10.9. The third-order valence-electron chi connectivity index (χ3n) is 3.06. The SMILES string of the molecule is CS/C(=C\C=C\C(N)=O)Oc1ccc(CNCCC(C)C)cc1. The van der Waals surface area contributed by atoms with Crippen LogP contribution < -0.4 is 15.8 Å². The molecule has 0 saturated carbocycles. The van der Waals surface area contributed by atoms with E-state index in [-0.39, 0.29) is 0 Å². The van der Waals surface area contributed by atoms with Crippen LogP contribution in [0.4, 0.5) is 0 Å². The van der Waals surface area contributed by atoms with Gasteiger partial charge in [-0.05, 0) is 48.9 Å². The van der Waals surface area contributed by atoms with Crippen LogP contribution in [0.25, 0.3) is 0 Å². The van der Waals surface area contributed by atoms with Gasteiger partial charge in [0.15, 0.2) is 5.09 Å². The Morgan fingerprint density at radius 3 is 2.61 bits per heavy atom. The average molecular weight is 334 g/mol. The van der Waals surface area contributed by atoms with Crippen molar-refractivity contribution in [3.63, 3.8) is 0 Å². The predicted octanol–water partition coefficient (Wildman–Crippen LogP) is 3.45. The first-order chi connectivity index (χ1) is 11.0. The number of primary amides is 1. The van der Waals surface area contributed by atoms with Crippen LogP contribution >= 0.6 is 11.8 Å². The summed E-state index contributed by atoms with van der Waals surface area (Å²) in [6.07, 6.45) is 7.70. The molecule has 1 aromatic rings. The topological polar surface area (TPSA) is 64.4 Å². The van der Waals surface area contributed by atoms with Crippen LogP contribution in [0, 0.1) is 5.92 Å². The van der Waals surface area contributed by atoms with Gasteiger partial charge in [0.05, 0.1) is 0 Å². The second-order valence-corrected chi connectivity index (χ2v) is 6.37. The van der Waals surface area contributed by atoms with Crippen molar-refractivity contribution in [2.75, 3.05) is 12.8 Å². The highest BCUT2D eigenvalue weighted by Gasteiger charge is 2.00. The summed E-state index contributed by atoms with van der Waals surface area (Å²) in [5.41, 5.74) is 6.27. The van der Waals surface area contributed by atoms with E-state index in [4.69, 9.17) is 10.5 Å². The lowest BCUT2D eigenvalue weighted by molar-refractivity contribution is -0.113. The highest BCUT2D eigenvalue weighted by molar-refractivity contribution is 8.02. The minimum atomic E-state index is -0.476.